The van der Waals surface area contributed by atoms with Crippen LogP contribution in [0.4, 0.5) is 0 Å². The Hall–Kier alpha value is -2.03. The van der Waals surface area contributed by atoms with Gasteiger partial charge in [0.2, 0.25) is 0 Å². The molecule has 0 amide bonds. The summed E-state index contributed by atoms with van der Waals surface area (Å²) in [4.78, 5) is 3.63. The van der Waals surface area contributed by atoms with E-state index in [9.17, 15) is 0 Å². The Morgan fingerprint density at radius 3 is 2.66 bits per heavy atom. The van der Waals surface area contributed by atoms with Crippen molar-refractivity contribution in [2.24, 2.45) is 5.41 Å². The molecule has 2 heterocycles. The van der Waals surface area contributed by atoms with Crippen LogP contribution in [0.25, 0.3) is 11.1 Å². The minimum atomic E-state index is 0. The number of benzene rings is 1. The zero-order chi connectivity index (χ0) is 22.1. The van der Waals surface area contributed by atoms with E-state index in [0.717, 1.165) is 25.4 Å². The second-order valence-corrected chi connectivity index (χ2v) is 10.3. The minimum Gasteiger partial charge on any atom is -0.488 e. The molecule has 2 nitrogen and oxygen atoms in total. The third-order valence-electron chi connectivity index (χ3n) is 4.65. The first kappa shape index (κ1) is 26.2. The molecule has 0 fully saturated rings. The van der Waals surface area contributed by atoms with Gasteiger partial charge in [-0.2, -0.15) is 11.3 Å². The van der Waals surface area contributed by atoms with Crippen molar-refractivity contribution >= 4 is 35.1 Å². The largest absolute Gasteiger partial charge is 0.488 e. The lowest BCUT2D eigenvalue weighted by atomic mass is 9.98. The van der Waals surface area contributed by atoms with E-state index in [0.29, 0.717) is 6.61 Å². The molecule has 5 heteroatoms. The Labute approximate surface area is 207 Å². The lowest BCUT2D eigenvalue weighted by Gasteiger charge is -2.18. The van der Waals surface area contributed by atoms with Gasteiger partial charge in [0, 0.05) is 23.4 Å². The maximum atomic E-state index is 6.09. The van der Waals surface area contributed by atoms with Gasteiger partial charge in [0.15, 0.2) is 0 Å². The van der Waals surface area contributed by atoms with Crippen LogP contribution in [0.5, 0.6) is 5.75 Å². The van der Waals surface area contributed by atoms with Crippen LogP contribution in [0.1, 0.15) is 38.1 Å². The second kappa shape index (κ2) is 12.9. The molecule has 0 saturated carbocycles. The molecule has 0 saturated heterocycles. The average Bonchev–Trinajstić information content (AvgIpc) is 3.42. The molecular weight excluding hydrogens is 454 g/mol. The van der Waals surface area contributed by atoms with Crippen LogP contribution in [0, 0.1) is 17.3 Å². The minimum absolute atomic E-state index is 0. The summed E-state index contributed by atoms with van der Waals surface area (Å²) in [5, 5.41) is 6.50. The summed E-state index contributed by atoms with van der Waals surface area (Å²) in [7, 11) is 0. The van der Waals surface area contributed by atoms with E-state index >= 15 is 0 Å². The molecule has 0 atom stereocenters. The van der Waals surface area contributed by atoms with Crippen LogP contribution < -0.4 is 4.74 Å². The maximum absolute atomic E-state index is 6.09. The smallest absolute Gasteiger partial charge is 0.122 e. The predicted molar refractivity (Wildman–Crippen MR) is 143 cm³/mol. The van der Waals surface area contributed by atoms with Crippen LogP contribution >= 0.6 is 35.1 Å². The number of allylic oxidation sites excluding steroid dienone is 1. The highest BCUT2D eigenvalue weighted by Gasteiger charge is 2.06. The Bertz CT molecular complexity index is 1040. The number of thiophene rings is 2. The second-order valence-electron chi connectivity index (χ2n) is 8.50. The van der Waals surface area contributed by atoms with Gasteiger partial charge < -0.3 is 4.74 Å². The van der Waals surface area contributed by atoms with E-state index in [1.165, 1.54) is 21.6 Å². The van der Waals surface area contributed by atoms with Crippen molar-refractivity contribution in [3.8, 4) is 28.7 Å². The lowest BCUT2D eigenvalue weighted by Crippen LogP contribution is -2.22. The summed E-state index contributed by atoms with van der Waals surface area (Å²) in [6.45, 7) is 11.9. The third-order valence-corrected chi connectivity index (χ3v) is 6.25. The molecule has 0 N–H and O–H groups in total. The standard InChI is InChI=1S/C27H31NOS2.ClH/c1-5-28(14-8-6-7-13-27(2,3)4)18-22-10-9-11-25(16-22)29-19-26-17-24(21-31-26)23-12-15-30-20-23;/h6,8-12,15-17,20-21H,5,14,18-19H2,1-4H3;1H. The topological polar surface area (TPSA) is 12.5 Å². The molecule has 0 aliphatic heterocycles. The van der Waals surface area contributed by atoms with E-state index in [1.807, 2.05) is 12.1 Å². The normalized spacial score (nSPS) is 11.3. The summed E-state index contributed by atoms with van der Waals surface area (Å²) in [5.74, 6) is 7.30. The van der Waals surface area contributed by atoms with Crippen LogP contribution in [0.3, 0.4) is 0 Å². The van der Waals surface area contributed by atoms with E-state index in [4.69, 9.17) is 4.74 Å². The van der Waals surface area contributed by atoms with Gasteiger partial charge >= 0.3 is 0 Å². The van der Waals surface area contributed by atoms with Crippen LogP contribution in [0.15, 0.2) is 64.7 Å². The Kier molecular flexibility index (Phi) is 10.5. The fourth-order valence-electron chi connectivity index (χ4n) is 3.01. The Balaban J connectivity index is 0.00000363. The highest BCUT2D eigenvalue weighted by molar-refractivity contribution is 7.10. The number of hydrogen-bond donors (Lipinski definition) is 0. The van der Waals surface area contributed by atoms with Gasteiger partial charge in [-0.1, -0.05) is 37.0 Å². The average molecular weight is 486 g/mol. The van der Waals surface area contributed by atoms with Gasteiger partial charge in [0.1, 0.15) is 12.4 Å². The van der Waals surface area contributed by atoms with Crippen molar-refractivity contribution in [1.29, 1.82) is 0 Å². The van der Waals surface area contributed by atoms with E-state index < -0.39 is 0 Å². The first-order valence-electron chi connectivity index (χ1n) is 10.6. The molecule has 0 radical (unpaired) electrons. The van der Waals surface area contributed by atoms with Crippen molar-refractivity contribution in [2.45, 2.75) is 40.8 Å². The number of rotatable bonds is 9. The van der Waals surface area contributed by atoms with Crippen LogP contribution in [0.2, 0.25) is 0 Å². The summed E-state index contributed by atoms with van der Waals surface area (Å²) in [6, 6.07) is 12.8. The van der Waals surface area contributed by atoms with Gasteiger partial charge in [-0.05, 0) is 90.5 Å². The highest BCUT2D eigenvalue weighted by atomic mass is 35.5. The number of hydrogen-bond acceptors (Lipinski definition) is 4. The molecule has 3 rings (SSSR count). The molecule has 0 aliphatic carbocycles. The van der Waals surface area contributed by atoms with Gasteiger partial charge in [-0.15, -0.1) is 23.7 Å². The Morgan fingerprint density at radius 2 is 1.94 bits per heavy atom. The molecule has 170 valence electrons. The summed E-state index contributed by atoms with van der Waals surface area (Å²) in [5.41, 5.74) is 3.87. The maximum Gasteiger partial charge on any atom is 0.122 e. The van der Waals surface area contributed by atoms with Crippen molar-refractivity contribution in [3.05, 3.63) is 75.1 Å². The van der Waals surface area contributed by atoms with Crippen molar-refractivity contribution in [2.75, 3.05) is 13.1 Å². The summed E-state index contributed by atoms with van der Waals surface area (Å²) >= 11 is 3.48. The van der Waals surface area contributed by atoms with Crippen LogP contribution in [-0.4, -0.2) is 18.0 Å². The molecule has 0 unspecified atom stereocenters. The third kappa shape index (κ3) is 8.84. The van der Waals surface area contributed by atoms with Gasteiger partial charge in [0.05, 0.1) is 0 Å². The van der Waals surface area contributed by atoms with Crippen molar-refractivity contribution in [3.63, 3.8) is 0 Å². The van der Waals surface area contributed by atoms with Crippen molar-refractivity contribution in [1.82, 2.24) is 4.90 Å². The molecule has 1 aromatic carbocycles. The Morgan fingerprint density at radius 1 is 1.09 bits per heavy atom. The predicted octanol–water partition coefficient (Wildman–Crippen LogP) is 7.91. The molecule has 3 aromatic rings. The molecule has 32 heavy (non-hydrogen) atoms. The zero-order valence-corrected chi connectivity index (χ0v) is 21.7. The molecular formula is C27H32ClNOS2. The van der Waals surface area contributed by atoms with E-state index in [1.54, 1.807) is 22.7 Å². The van der Waals surface area contributed by atoms with Crippen molar-refractivity contribution < 1.29 is 4.74 Å². The molecule has 2 aromatic heterocycles. The summed E-state index contributed by atoms with van der Waals surface area (Å²) < 4.78 is 6.09. The molecule has 0 bridgehead atoms. The highest BCUT2D eigenvalue weighted by Crippen LogP contribution is 2.28. The fraction of sp³-hybridized carbons (Fsp3) is 0.333. The number of nitrogens with zero attached hydrogens (tertiary/aromatic N) is 1. The van der Waals surface area contributed by atoms with Crippen LogP contribution in [-0.2, 0) is 13.2 Å². The lowest BCUT2D eigenvalue weighted by molar-refractivity contribution is 0.301. The summed E-state index contributed by atoms with van der Waals surface area (Å²) in [6.07, 6.45) is 4.11. The number of likely N-dealkylation sites (N-methyl/N-ethyl adjacent to an activating group) is 1. The number of ether oxygens (including phenoxy) is 1. The van der Waals surface area contributed by atoms with Gasteiger partial charge in [0.25, 0.3) is 0 Å². The monoisotopic (exact) mass is 485 g/mol. The first-order valence-corrected chi connectivity index (χ1v) is 12.5. The van der Waals surface area contributed by atoms with E-state index in [-0.39, 0.29) is 17.8 Å². The molecule has 0 aliphatic rings. The van der Waals surface area contributed by atoms with E-state index in [2.05, 4.69) is 97.0 Å². The molecule has 0 spiro atoms. The SMILES string of the molecule is CCN(CC=CC#CC(C)(C)C)Cc1cccc(OCc2cc(-c3ccsc3)cs2)c1.Cl. The number of halogens is 1. The zero-order valence-electron chi connectivity index (χ0n) is 19.3. The quantitative estimate of drug-likeness (QED) is 0.285. The fourth-order valence-corrected chi connectivity index (χ4v) is 4.48. The van der Waals surface area contributed by atoms with Gasteiger partial charge in [-0.3, -0.25) is 4.90 Å². The first-order chi connectivity index (χ1) is 14.9. The van der Waals surface area contributed by atoms with Gasteiger partial charge in [-0.25, -0.2) is 0 Å².